The van der Waals surface area contributed by atoms with Gasteiger partial charge in [-0.2, -0.15) is 12.6 Å². The molecule has 11 N–H and O–H groups in total. The Bertz CT molecular complexity index is 885. The van der Waals surface area contributed by atoms with E-state index in [-0.39, 0.29) is 12.4 Å². The Morgan fingerprint density at radius 2 is 1.58 bits per heavy atom. The van der Waals surface area contributed by atoms with Crippen LogP contribution in [0.15, 0.2) is 0 Å². The fourth-order valence-corrected chi connectivity index (χ4v) is 5.23. The number of hydrogen-bond acceptors (Lipinski definition) is 18. The lowest BCUT2D eigenvalue weighted by atomic mass is 9.84. The first kappa shape index (κ1) is 36.6. The molecule has 3 saturated heterocycles. The molecule has 0 aromatic rings. The number of rotatable bonds is 13. The van der Waals surface area contributed by atoms with Crippen LogP contribution in [0.4, 0.5) is 0 Å². The molecule has 0 spiro atoms. The van der Waals surface area contributed by atoms with E-state index in [9.17, 15) is 61.0 Å². The molecule has 3 fully saturated rings. The first-order chi connectivity index (χ1) is 20.2. The molecule has 0 bridgehead atoms. The van der Waals surface area contributed by atoms with Crippen molar-refractivity contribution >= 4 is 18.6 Å². The highest BCUT2D eigenvalue weighted by molar-refractivity contribution is 7.80. The van der Waals surface area contributed by atoms with Crippen molar-refractivity contribution in [1.29, 1.82) is 0 Å². The molecule has 18 nitrogen and oxygen atoms in total. The Hall–Kier alpha value is -0.820. The van der Waals surface area contributed by atoms with Crippen molar-refractivity contribution in [3.63, 3.8) is 0 Å². The number of aliphatic hydroxyl groups is 10. The molecule has 0 aromatic carbocycles. The number of aliphatic hydroxyl groups excluding tert-OH is 10. The molecule has 0 saturated carbocycles. The van der Waals surface area contributed by atoms with Gasteiger partial charge >= 0.3 is 5.97 Å². The van der Waals surface area contributed by atoms with Crippen LogP contribution in [0.1, 0.15) is 13.3 Å². The van der Waals surface area contributed by atoms with Crippen molar-refractivity contribution in [2.45, 2.75) is 105 Å². The van der Waals surface area contributed by atoms with Gasteiger partial charge in [0.05, 0.1) is 38.6 Å². The summed E-state index contributed by atoms with van der Waals surface area (Å²) in [5.41, 5.74) is 0. The highest BCUT2D eigenvalue weighted by atomic mass is 32.1. The number of thiol groups is 1. The molecule has 16 unspecified atom stereocenters. The molecule has 252 valence electrons. The van der Waals surface area contributed by atoms with E-state index in [1.54, 1.807) is 0 Å². The highest BCUT2D eigenvalue weighted by Gasteiger charge is 2.56. The van der Waals surface area contributed by atoms with E-state index in [4.69, 9.17) is 28.4 Å². The maximum Gasteiger partial charge on any atom is 0.364 e. The summed E-state index contributed by atoms with van der Waals surface area (Å²) in [7, 11) is 0. The average Bonchev–Trinajstić information content (AvgIpc) is 2.99. The normalized spacial score (nSPS) is 45.4. The molecule has 43 heavy (non-hydrogen) atoms. The van der Waals surface area contributed by atoms with Gasteiger partial charge in [0, 0.05) is 18.1 Å². The van der Waals surface area contributed by atoms with Gasteiger partial charge in [0.1, 0.15) is 61.0 Å². The number of carboxylic acids is 1. The van der Waals surface area contributed by atoms with Gasteiger partial charge in [0.15, 0.2) is 12.6 Å². The van der Waals surface area contributed by atoms with Crippen LogP contribution in [0.2, 0.25) is 0 Å². The van der Waals surface area contributed by atoms with Crippen molar-refractivity contribution in [3.05, 3.63) is 0 Å². The van der Waals surface area contributed by atoms with Crippen LogP contribution in [-0.2, 0) is 33.2 Å². The summed E-state index contributed by atoms with van der Waals surface area (Å²) in [6.07, 6.45) is -24.1. The second-order valence-corrected chi connectivity index (χ2v) is 11.2. The highest BCUT2D eigenvalue weighted by Crippen LogP contribution is 2.37. The largest absolute Gasteiger partial charge is 0.477 e. The van der Waals surface area contributed by atoms with Crippen molar-refractivity contribution in [2.75, 3.05) is 32.2 Å². The van der Waals surface area contributed by atoms with Crippen LogP contribution < -0.4 is 0 Å². The van der Waals surface area contributed by atoms with Crippen LogP contribution in [0, 0.1) is 5.92 Å². The van der Waals surface area contributed by atoms with Gasteiger partial charge < -0.3 is 84.6 Å². The Kier molecular flexibility index (Phi) is 13.3. The third kappa shape index (κ3) is 7.95. The minimum atomic E-state index is -2.66. The lowest BCUT2D eigenvalue weighted by molar-refractivity contribution is -0.368. The van der Waals surface area contributed by atoms with Gasteiger partial charge in [0.25, 0.3) is 5.79 Å². The maximum absolute atomic E-state index is 12.3. The first-order valence-corrected chi connectivity index (χ1v) is 14.3. The summed E-state index contributed by atoms with van der Waals surface area (Å²) in [5.74, 6) is -5.07. The predicted molar refractivity (Wildman–Crippen MR) is 139 cm³/mol. The summed E-state index contributed by atoms with van der Waals surface area (Å²) >= 11 is 3.98. The molecule has 3 heterocycles. The molecule has 3 aliphatic rings. The fraction of sp³-hybridized carbons (Fsp3) is 0.958. The van der Waals surface area contributed by atoms with E-state index in [0.717, 1.165) is 0 Å². The third-order valence-electron chi connectivity index (χ3n) is 7.81. The number of ether oxygens (including phenoxy) is 6. The molecule has 16 atom stereocenters. The predicted octanol–water partition coefficient (Wildman–Crippen LogP) is -6.14. The smallest absolute Gasteiger partial charge is 0.364 e. The monoisotopic (exact) mass is 650 g/mol. The van der Waals surface area contributed by atoms with Crippen molar-refractivity contribution in [2.24, 2.45) is 5.92 Å². The molecule has 0 aromatic heterocycles. The Balaban J connectivity index is 1.76. The van der Waals surface area contributed by atoms with Crippen LogP contribution in [0.3, 0.4) is 0 Å². The summed E-state index contributed by atoms with van der Waals surface area (Å²) in [4.78, 5) is 12.3. The molecule has 19 heteroatoms. The zero-order chi connectivity index (χ0) is 32.2. The number of hydrogen-bond donors (Lipinski definition) is 12. The second kappa shape index (κ2) is 15.6. The molecule has 0 aliphatic carbocycles. The van der Waals surface area contributed by atoms with E-state index in [0.29, 0.717) is 0 Å². The Morgan fingerprint density at radius 1 is 0.953 bits per heavy atom. The minimum absolute atomic E-state index is 0.0383. The summed E-state index contributed by atoms with van der Waals surface area (Å²) in [5, 5.41) is 112. The summed E-state index contributed by atoms with van der Waals surface area (Å²) in [6, 6.07) is 0. The van der Waals surface area contributed by atoms with E-state index < -0.39 is 130 Å². The summed E-state index contributed by atoms with van der Waals surface area (Å²) < 4.78 is 32.8. The third-order valence-corrected chi connectivity index (χ3v) is 7.99. The van der Waals surface area contributed by atoms with Crippen LogP contribution in [0.25, 0.3) is 0 Å². The van der Waals surface area contributed by atoms with Crippen LogP contribution >= 0.6 is 12.6 Å². The number of carboxylic acid groups (broad SMARTS) is 1. The first-order valence-electron chi connectivity index (χ1n) is 13.6. The summed E-state index contributed by atoms with van der Waals surface area (Å²) in [6.45, 7) is -1.05. The molecule has 3 rings (SSSR count). The van der Waals surface area contributed by atoms with Gasteiger partial charge in [-0.15, -0.1) is 0 Å². The van der Waals surface area contributed by atoms with Gasteiger partial charge in [-0.1, -0.05) is 6.92 Å². The maximum atomic E-state index is 12.3. The number of aliphatic carboxylic acids is 1. The second-order valence-electron chi connectivity index (χ2n) is 10.7. The standard InChI is InChI=1S/C24H42O18S/c1-8-9(27)4-24(23(35)36,42-19(8)13(29)10(28)5-25)38-7-12-14(30)15(31)17(33)22(40-12)41-20-11(6-26)39-21(37-2-3-43)18(34)16(20)32/h8-22,25-34,43H,2-7H2,1H3,(H,35,36). The lowest BCUT2D eigenvalue weighted by Crippen LogP contribution is -2.65. The molecule has 0 radical (unpaired) electrons. The van der Waals surface area contributed by atoms with E-state index >= 15 is 0 Å². The van der Waals surface area contributed by atoms with Gasteiger partial charge in [-0.3, -0.25) is 0 Å². The quantitative estimate of drug-likeness (QED) is 0.0825. The Morgan fingerprint density at radius 3 is 2.16 bits per heavy atom. The molecular weight excluding hydrogens is 608 g/mol. The van der Waals surface area contributed by atoms with E-state index in [1.165, 1.54) is 6.92 Å². The Labute approximate surface area is 251 Å². The zero-order valence-electron chi connectivity index (χ0n) is 23.1. The average molecular weight is 651 g/mol. The zero-order valence-corrected chi connectivity index (χ0v) is 24.0. The van der Waals surface area contributed by atoms with Crippen molar-refractivity contribution in [3.8, 4) is 0 Å². The SMILES string of the molecule is CC1C(O)CC(OCC2OC(OC3C(CO)OC(OCCS)C(O)C3O)C(O)C(O)C2O)(C(=O)O)OC1C(O)C(O)CO. The van der Waals surface area contributed by atoms with E-state index in [2.05, 4.69) is 12.6 Å². The van der Waals surface area contributed by atoms with Gasteiger partial charge in [0.2, 0.25) is 0 Å². The van der Waals surface area contributed by atoms with Crippen molar-refractivity contribution in [1.82, 2.24) is 0 Å². The topological polar surface area (TPSA) is 295 Å². The van der Waals surface area contributed by atoms with Gasteiger partial charge in [-0.25, -0.2) is 4.79 Å². The van der Waals surface area contributed by atoms with Gasteiger partial charge in [-0.05, 0) is 0 Å². The molecule has 3 aliphatic heterocycles. The lowest BCUT2D eigenvalue weighted by Gasteiger charge is -2.47. The van der Waals surface area contributed by atoms with Crippen molar-refractivity contribution < 1.29 is 89.4 Å². The molecular formula is C24H42O18S. The number of carbonyl (C=O) groups is 1. The minimum Gasteiger partial charge on any atom is -0.477 e. The van der Waals surface area contributed by atoms with E-state index in [1.807, 2.05) is 0 Å². The molecule has 0 amide bonds. The van der Waals surface area contributed by atoms with Crippen LogP contribution in [0.5, 0.6) is 0 Å². The van der Waals surface area contributed by atoms with Crippen LogP contribution in [-0.4, -0.2) is 186 Å². The fourth-order valence-electron chi connectivity index (χ4n) is 5.12.